The van der Waals surface area contributed by atoms with Crippen molar-refractivity contribution < 1.29 is 23.9 Å². The van der Waals surface area contributed by atoms with Crippen LogP contribution in [0.3, 0.4) is 0 Å². The minimum absolute atomic E-state index is 0.147. The van der Waals surface area contributed by atoms with E-state index >= 15 is 0 Å². The zero-order chi connectivity index (χ0) is 25.2. The molecule has 3 aromatic carbocycles. The van der Waals surface area contributed by atoms with Gasteiger partial charge in [0.1, 0.15) is 0 Å². The second kappa shape index (κ2) is 12.1. The van der Waals surface area contributed by atoms with Gasteiger partial charge in [-0.2, -0.15) is 0 Å². The fraction of sp³-hybridized carbons (Fsp3) is 0.185. The number of hydrogen-bond donors (Lipinski definition) is 3. The maximum atomic E-state index is 12.7. The Morgan fingerprint density at radius 2 is 1.31 bits per heavy atom. The van der Waals surface area contributed by atoms with Gasteiger partial charge in [0.2, 0.25) is 5.91 Å². The zero-order valence-electron chi connectivity index (χ0n) is 19.5. The van der Waals surface area contributed by atoms with E-state index in [9.17, 15) is 19.2 Å². The third kappa shape index (κ3) is 7.82. The topological polar surface area (TPSA) is 114 Å². The van der Waals surface area contributed by atoms with E-state index in [1.165, 1.54) is 13.8 Å². The lowest BCUT2D eigenvalue weighted by Gasteiger charge is -2.20. The molecule has 0 bridgehead atoms. The minimum Gasteiger partial charge on any atom is -0.452 e. The Balaban J connectivity index is 1.60. The second-order valence-electron chi connectivity index (χ2n) is 7.89. The Morgan fingerprint density at radius 3 is 1.89 bits per heavy atom. The van der Waals surface area contributed by atoms with E-state index in [-0.39, 0.29) is 18.2 Å². The fourth-order valence-corrected chi connectivity index (χ4v) is 3.32. The van der Waals surface area contributed by atoms with E-state index in [2.05, 4.69) is 16.0 Å². The molecule has 35 heavy (non-hydrogen) atoms. The molecule has 3 rings (SSSR count). The molecule has 0 radical (unpaired) electrons. The molecule has 0 aliphatic carbocycles. The highest BCUT2D eigenvalue weighted by Gasteiger charge is 2.23. The average Bonchev–Trinajstić information content (AvgIpc) is 2.85. The summed E-state index contributed by atoms with van der Waals surface area (Å²) in [7, 11) is 0. The van der Waals surface area contributed by atoms with E-state index in [4.69, 9.17) is 4.74 Å². The normalized spacial score (nSPS) is 12.1. The van der Waals surface area contributed by atoms with Crippen molar-refractivity contribution in [3.8, 4) is 0 Å². The zero-order valence-corrected chi connectivity index (χ0v) is 19.5. The number of rotatable bonds is 9. The van der Waals surface area contributed by atoms with Crippen LogP contribution >= 0.6 is 0 Å². The lowest BCUT2D eigenvalue weighted by atomic mass is 10.0. The number of amides is 3. The van der Waals surface area contributed by atoms with Crippen LogP contribution in [0.25, 0.3) is 0 Å². The van der Waals surface area contributed by atoms with Gasteiger partial charge >= 0.3 is 5.97 Å². The predicted molar refractivity (Wildman–Crippen MR) is 133 cm³/mol. The van der Waals surface area contributed by atoms with E-state index in [1.54, 1.807) is 48.5 Å². The van der Waals surface area contributed by atoms with Crippen LogP contribution in [0.2, 0.25) is 0 Å². The number of esters is 1. The van der Waals surface area contributed by atoms with Gasteiger partial charge in [0.15, 0.2) is 6.10 Å². The smallest absolute Gasteiger partial charge is 0.309 e. The standard InChI is InChI=1S/C27H27N3O5/c1-18(26(33)29-23-15-13-22(14-16-23)28-19(2)31)35-25(32)17-24(20-9-5-3-6-10-20)30-27(34)21-11-7-4-8-12-21/h3-16,18,24H,17H2,1-2H3,(H,28,31)(H,29,33)(H,30,34). The summed E-state index contributed by atoms with van der Waals surface area (Å²) in [6, 6.07) is 23.7. The monoisotopic (exact) mass is 473 g/mol. The van der Waals surface area contributed by atoms with E-state index in [0.29, 0.717) is 16.9 Å². The van der Waals surface area contributed by atoms with E-state index < -0.39 is 24.0 Å². The highest BCUT2D eigenvalue weighted by atomic mass is 16.5. The van der Waals surface area contributed by atoms with Crippen molar-refractivity contribution in [1.82, 2.24) is 5.32 Å². The summed E-state index contributed by atoms with van der Waals surface area (Å²) in [5.41, 5.74) is 2.30. The molecule has 3 aromatic rings. The number of ether oxygens (including phenoxy) is 1. The van der Waals surface area contributed by atoms with Gasteiger partial charge in [-0.3, -0.25) is 19.2 Å². The molecule has 3 amide bonds. The van der Waals surface area contributed by atoms with Gasteiger partial charge in [0.25, 0.3) is 11.8 Å². The maximum Gasteiger partial charge on any atom is 0.309 e. The molecule has 0 heterocycles. The van der Waals surface area contributed by atoms with Crippen molar-refractivity contribution >= 4 is 35.1 Å². The molecule has 2 atom stereocenters. The third-order valence-corrected chi connectivity index (χ3v) is 5.06. The van der Waals surface area contributed by atoms with Crippen molar-refractivity contribution in [3.05, 3.63) is 96.1 Å². The molecule has 2 unspecified atom stereocenters. The summed E-state index contributed by atoms with van der Waals surface area (Å²) in [4.78, 5) is 49.0. The van der Waals surface area contributed by atoms with E-state index in [0.717, 1.165) is 5.56 Å². The van der Waals surface area contributed by atoms with Crippen molar-refractivity contribution in [2.24, 2.45) is 0 Å². The fourth-order valence-electron chi connectivity index (χ4n) is 3.32. The molecule has 3 N–H and O–H groups in total. The summed E-state index contributed by atoms with van der Waals surface area (Å²) in [5, 5.41) is 8.18. The van der Waals surface area contributed by atoms with Crippen LogP contribution in [0.5, 0.6) is 0 Å². The van der Waals surface area contributed by atoms with Crippen LogP contribution in [-0.2, 0) is 19.1 Å². The van der Waals surface area contributed by atoms with Gasteiger partial charge in [0.05, 0.1) is 12.5 Å². The second-order valence-corrected chi connectivity index (χ2v) is 7.89. The molecular weight excluding hydrogens is 446 g/mol. The van der Waals surface area contributed by atoms with Gasteiger partial charge in [-0.15, -0.1) is 0 Å². The molecule has 0 aliphatic heterocycles. The number of hydrogen-bond acceptors (Lipinski definition) is 5. The van der Waals surface area contributed by atoms with Gasteiger partial charge in [-0.05, 0) is 48.9 Å². The molecule has 0 saturated heterocycles. The Kier molecular flexibility index (Phi) is 8.72. The summed E-state index contributed by atoms with van der Waals surface area (Å²) < 4.78 is 5.34. The molecule has 8 heteroatoms. The first-order valence-electron chi connectivity index (χ1n) is 11.1. The highest BCUT2D eigenvalue weighted by Crippen LogP contribution is 2.19. The number of carbonyl (C=O) groups excluding carboxylic acids is 4. The SMILES string of the molecule is CC(=O)Nc1ccc(NC(=O)C(C)OC(=O)CC(NC(=O)c2ccccc2)c2ccccc2)cc1. The third-order valence-electron chi connectivity index (χ3n) is 5.06. The molecule has 0 spiro atoms. The van der Waals surface area contributed by atoms with Crippen LogP contribution in [-0.4, -0.2) is 29.8 Å². The number of nitrogens with one attached hydrogen (secondary N) is 3. The summed E-state index contributed by atoms with van der Waals surface area (Å²) in [5.74, 6) is -1.65. The summed E-state index contributed by atoms with van der Waals surface area (Å²) >= 11 is 0. The molecule has 0 fully saturated rings. The van der Waals surface area contributed by atoms with Gasteiger partial charge < -0.3 is 20.7 Å². The highest BCUT2D eigenvalue weighted by molar-refractivity contribution is 5.96. The Morgan fingerprint density at radius 1 is 0.771 bits per heavy atom. The maximum absolute atomic E-state index is 12.7. The predicted octanol–water partition coefficient (Wildman–Crippen LogP) is 4.08. The quantitative estimate of drug-likeness (QED) is 0.405. The summed E-state index contributed by atoms with van der Waals surface area (Å²) in [6.45, 7) is 2.88. The average molecular weight is 474 g/mol. The van der Waals surface area contributed by atoms with Gasteiger partial charge in [-0.1, -0.05) is 48.5 Å². The van der Waals surface area contributed by atoms with Crippen LogP contribution in [0.15, 0.2) is 84.9 Å². The number of carbonyl (C=O) groups is 4. The first-order chi connectivity index (χ1) is 16.8. The largest absolute Gasteiger partial charge is 0.452 e. The van der Waals surface area contributed by atoms with Gasteiger partial charge in [-0.25, -0.2) is 0 Å². The molecule has 0 aliphatic rings. The Labute approximate surface area is 203 Å². The van der Waals surface area contributed by atoms with Gasteiger partial charge in [0, 0.05) is 23.9 Å². The number of benzene rings is 3. The Bertz CT molecular complexity index is 1160. The van der Waals surface area contributed by atoms with Crippen molar-refractivity contribution in [3.63, 3.8) is 0 Å². The van der Waals surface area contributed by atoms with Crippen molar-refractivity contribution in [2.45, 2.75) is 32.4 Å². The van der Waals surface area contributed by atoms with Crippen molar-refractivity contribution in [2.75, 3.05) is 10.6 Å². The van der Waals surface area contributed by atoms with Crippen LogP contribution in [0.1, 0.15) is 42.2 Å². The van der Waals surface area contributed by atoms with Crippen LogP contribution in [0, 0.1) is 0 Å². The summed E-state index contributed by atoms with van der Waals surface area (Å²) in [6.07, 6.45) is -1.20. The van der Waals surface area contributed by atoms with E-state index in [1.807, 2.05) is 36.4 Å². The van der Waals surface area contributed by atoms with Crippen molar-refractivity contribution in [1.29, 1.82) is 0 Å². The molecule has 0 aromatic heterocycles. The first-order valence-corrected chi connectivity index (χ1v) is 11.1. The molecule has 8 nitrogen and oxygen atoms in total. The Hall–Kier alpha value is -4.46. The van der Waals surface area contributed by atoms with Crippen LogP contribution < -0.4 is 16.0 Å². The lowest BCUT2D eigenvalue weighted by molar-refractivity contribution is -0.153. The van der Waals surface area contributed by atoms with Crippen LogP contribution in [0.4, 0.5) is 11.4 Å². The first kappa shape index (κ1) is 25.2. The molecule has 180 valence electrons. The number of anilines is 2. The molecule has 0 saturated carbocycles. The molecular formula is C27H27N3O5. The minimum atomic E-state index is -1.06. The lowest BCUT2D eigenvalue weighted by Crippen LogP contribution is -2.33.